The molecule has 0 fully saturated rings. The molecule has 0 amide bonds. The molecule has 1 aromatic carbocycles. The van der Waals surface area contributed by atoms with Gasteiger partial charge in [0.1, 0.15) is 4.83 Å². The first-order chi connectivity index (χ1) is 9.65. The van der Waals surface area contributed by atoms with E-state index in [4.69, 9.17) is 0 Å². The Kier molecular flexibility index (Phi) is 3.28. The van der Waals surface area contributed by atoms with E-state index in [0.29, 0.717) is 23.2 Å². The van der Waals surface area contributed by atoms with Crippen molar-refractivity contribution < 1.29 is 0 Å². The van der Waals surface area contributed by atoms with E-state index in [1.807, 2.05) is 43.3 Å². The molecule has 2 aromatic heterocycles. The zero-order valence-corrected chi connectivity index (χ0v) is 11.9. The monoisotopic (exact) mass is 286 g/mol. The molecule has 5 heteroatoms. The fourth-order valence-electron chi connectivity index (χ4n) is 2.26. The van der Waals surface area contributed by atoms with Gasteiger partial charge in [0, 0.05) is 11.4 Å². The van der Waals surface area contributed by atoms with Crippen molar-refractivity contribution in [1.82, 2.24) is 9.55 Å². The number of rotatable bonds is 3. The zero-order valence-electron chi connectivity index (χ0n) is 11.1. The summed E-state index contributed by atoms with van der Waals surface area (Å²) in [7, 11) is 0. The van der Waals surface area contributed by atoms with Crippen LogP contribution in [0, 0.1) is 6.92 Å². The number of H-pyrrole nitrogens is 1. The highest BCUT2D eigenvalue weighted by Gasteiger charge is 2.09. The van der Waals surface area contributed by atoms with Gasteiger partial charge in [0.05, 0.1) is 5.39 Å². The first-order valence-electron chi connectivity index (χ1n) is 6.42. The molecule has 0 saturated heterocycles. The predicted octanol–water partition coefficient (Wildman–Crippen LogP) is 2.30. The van der Waals surface area contributed by atoms with Gasteiger partial charge >= 0.3 is 5.69 Å². The van der Waals surface area contributed by atoms with Gasteiger partial charge in [0.25, 0.3) is 5.56 Å². The molecule has 0 aliphatic carbocycles. The summed E-state index contributed by atoms with van der Waals surface area (Å²) < 4.78 is 1.28. The largest absolute Gasteiger partial charge is 0.329 e. The second-order valence-electron chi connectivity index (χ2n) is 4.72. The molecule has 0 radical (unpaired) electrons. The molecular weight excluding hydrogens is 272 g/mol. The lowest BCUT2D eigenvalue weighted by molar-refractivity contribution is 0.637. The Morgan fingerprint density at radius 3 is 2.70 bits per heavy atom. The molecule has 0 atom stereocenters. The predicted molar refractivity (Wildman–Crippen MR) is 81.6 cm³/mol. The number of aromatic amines is 1. The lowest BCUT2D eigenvalue weighted by Gasteiger charge is -2.04. The maximum Gasteiger partial charge on any atom is 0.329 e. The van der Waals surface area contributed by atoms with Gasteiger partial charge in [-0.2, -0.15) is 0 Å². The third kappa shape index (κ3) is 2.32. The van der Waals surface area contributed by atoms with Crippen molar-refractivity contribution in [1.29, 1.82) is 0 Å². The van der Waals surface area contributed by atoms with Gasteiger partial charge in [-0.1, -0.05) is 30.3 Å². The number of hydrogen-bond acceptors (Lipinski definition) is 3. The number of nitrogens with zero attached hydrogens (tertiary/aromatic N) is 1. The third-order valence-electron chi connectivity index (χ3n) is 3.26. The standard InChI is InChI=1S/C15H14N2O2S/c1-10-9-12-13(20-10)16-15(19)17(14(12)18)8-7-11-5-3-2-4-6-11/h2-6,9H,7-8H2,1H3,(H,16,19). The van der Waals surface area contributed by atoms with Crippen molar-refractivity contribution in [2.24, 2.45) is 0 Å². The first-order valence-corrected chi connectivity index (χ1v) is 7.24. The summed E-state index contributed by atoms with van der Waals surface area (Å²) >= 11 is 1.43. The number of benzene rings is 1. The number of hydrogen-bond donors (Lipinski definition) is 1. The Balaban J connectivity index is 1.99. The molecule has 20 heavy (non-hydrogen) atoms. The van der Waals surface area contributed by atoms with Crippen LogP contribution in [0.15, 0.2) is 46.0 Å². The minimum Gasteiger partial charge on any atom is -0.298 e. The number of aryl methyl sites for hydroxylation is 2. The summed E-state index contributed by atoms with van der Waals surface area (Å²) in [5.41, 5.74) is 0.574. The lowest BCUT2D eigenvalue weighted by atomic mass is 10.1. The molecule has 0 bridgehead atoms. The van der Waals surface area contributed by atoms with Crippen LogP contribution in [-0.4, -0.2) is 9.55 Å². The normalized spacial score (nSPS) is 11.1. The minimum absolute atomic E-state index is 0.205. The van der Waals surface area contributed by atoms with E-state index in [0.717, 1.165) is 10.4 Å². The Morgan fingerprint density at radius 2 is 1.95 bits per heavy atom. The summed E-state index contributed by atoms with van der Waals surface area (Å²) in [6.45, 7) is 2.32. The lowest BCUT2D eigenvalue weighted by Crippen LogP contribution is -2.35. The Labute approximate surface area is 119 Å². The fraction of sp³-hybridized carbons (Fsp3) is 0.200. The fourth-order valence-corrected chi connectivity index (χ4v) is 3.15. The summed E-state index contributed by atoms with van der Waals surface area (Å²) in [4.78, 5) is 28.8. The smallest absolute Gasteiger partial charge is 0.298 e. The van der Waals surface area contributed by atoms with Gasteiger partial charge in [-0.15, -0.1) is 11.3 Å². The Bertz CT molecular complexity index is 859. The molecule has 4 nitrogen and oxygen atoms in total. The van der Waals surface area contributed by atoms with Crippen molar-refractivity contribution in [2.45, 2.75) is 19.9 Å². The van der Waals surface area contributed by atoms with Crippen LogP contribution >= 0.6 is 11.3 Å². The Morgan fingerprint density at radius 1 is 1.20 bits per heavy atom. The van der Waals surface area contributed by atoms with Gasteiger partial charge in [0.2, 0.25) is 0 Å². The van der Waals surface area contributed by atoms with E-state index < -0.39 is 0 Å². The highest BCUT2D eigenvalue weighted by Crippen LogP contribution is 2.18. The van der Waals surface area contributed by atoms with Crippen LogP contribution in [0.5, 0.6) is 0 Å². The summed E-state index contributed by atoms with van der Waals surface area (Å²) in [6, 6.07) is 11.7. The van der Waals surface area contributed by atoms with Crippen LogP contribution in [0.2, 0.25) is 0 Å². The minimum atomic E-state index is -0.333. The number of aromatic nitrogens is 2. The molecule has 0 aliphatic rings. The van der Waals surface area contributed by atoms with Crippen LogP contribution in [0.25, 0.3) is 10.2 Å². The van der Waals surface area contributed by atoms with E-state index in [2.05, 4.69) is 4.98 Å². The van der Waals surface area contributed by atoms with Crippen molar-refractivity contribution >= 4 is 21.6 Å². The van der Waals surface area contributed by atoms with E-state index >= 15 is 0 Å². The topological polar surface area (TPSA) is 54.9 Å². The van der Waals surface area contributed by atoms with Crippen molar-refractivity contribution in [3.05, 3.63) is 67.7 Å². The molecule has 2 heterocycles. The van der Waals surface area contributed by atoms with Gasteiger partial charge in [-0.3, -0.25) is 14.3 Å². The van der Waals surface area contributed by atoms with Crippen molar-refractivity contribution in [2.75, 3.05) is 0 Å². The molecule has 0 unspecified atom stereocenters. The third-order valence-corrected chi connectivity index (χ3v) is 4.23. The molecule has 0 saturated carbocycles. The molecular formula is C15H14N2O2S. The number of fused-ring (bicyclic) bond motifs is 1. The van der Waals surface area contributed by atoms with Gasteiger partial charge in [0.15, 0.2) is 0 Å². The maximum atomic E-state index is 12.3. The van der Waals surface area contributed by atoms with Gasteiger partial charge < -0.3 is 0 Å². The van der Waals surface area contributed by atoms with Crippen molar-refractivity contribution in [3.63, 3.8) is 0 Å². The second-order valence-corrected chi connectivity index (χ2v) is 5.98. The number of nitrogens with one attached hydrogen (secondary N) is 1. The summed E-state index contributed by atoms with van der Waals surface area (Å²) in [5.74, 6) is 0. The second kappa shape index (κ2) is 5.09. The molecule has 102 valence electrons. The van der Waals surface area contributed by atoms with Crippen LogP contribution in [-0.2, 0) is 13.0 Å². The quantitative estimate of drug-likeness (QED) is 0.803. The molecule has 0 aliphatic heterocycles. The van der Waals surface area contributed by atoms with E-state index in [-0.39, 0.29) is 11.2 Å². The molecule has 0 spiro atoms. The van der Waals surface area contributed by atoms with Crippen LogP contribution in [0.4, 0.5) is 0 Å². The molecule has 1 N–H and O–H groups in total. The maximum absolute atomic E-state index is 12.3. The molecule has 3 rings (SSSR count). The van der Waals surface area contributed by atoms with Crippen LogP contribution in [0.1, 0.15) is 10.4 Å². The average molecular weight is 286 g/mol. The summed E-state index contributed by atoms with van der Waals surface area (Å²) in [6.07, 6.45) is 0.665. The van der Waals surface area contributed by atoms with Gasteiger partial charge in [-0.25, -0.2) is 4.79 Å². The Hall–Kier alpha value is -2.14. The SMILES string of the molecule is Cc1cc2c(=O)n(CCc3ccccc3)c(=O)[nH]c2s1. The van der Waals surface area contributed by atoms with Crippen LogP contribution in [0.3, 0.4) is 0 Å². The summed E-state index contributed by atoms with van der Waals surface area (Å²) in [5, 5.41) is 0.597. The highest BCUT2D eigenvalue weighted by molar-refractivity contribution is 7.18. The average Bonchev–Trinajstić information content (AvgIpc) is 2.80. The van der Waals surface area contributed by atoms with Crippen molar-refractivity contribution in [3.8, 4) is 0 Å². The zero-order chi connectivity index (χ0) is 14.1. The first kappa shape index (κ1) is 12.9. The molecule has 3 aromatic rings. The van der Waals surface area contributed by atoms with Crippen LogP contribution < -0.4 is 11.2 Å². The van der Waals surface area contributed by atoms with E-state index in [1.54, 1.807) is 0 Å². The number of thiophene rings is 1. The van der Waals surface area contributed by atoms with Gasteiger partial charge in [-0.05, 0) is 25.0 Å². The highest BCUT2D eigenvalue weighted by atomic mass is 32.1. The van der Waals surface area contributed by atoms with E-state index in [1.165, 1.54) is 15.9 Å². The van der Waals surface area contributed by atoms with E-state index in [9.17, 15) is 9.59 Å².